The number of carbonyl (C=O) groups is 1. The first kappa shape index (κ1) is 20.8. The molecule has 2 aromatic rings. The molecule has 9 heteroatoms. The molecule has 29 heavy (non-hydrogen) atoms. The lowest BCUT2D eigenvalue weighted by molar-refractivity contribution is -0.274. The summed E-state index contributed by atoms with van der Waals surface area (Å²) in [6.07, 6.45) is -4.02. The summed E-state index contributed by atoms with van der Waals surface area (Å²) in [5.41, 5.74) is 1.23. The third-order valence-corrected chi connectivity index (χ3v) is 4.80. The highest BCUT2D eigenvalue weighted by atomic mass is 19.4. The summed E-state index contributed by atoms with van der Waals surface area (Å²) < 4.78 is 46.7. The van der Waals surface area contributed by atoms with Gasteiger partial charge in [-0.15, -0.1) is 13.2 Å². The van der Waals surface area contributed by atoms with E-state index in [0.29, 0.717) is 25.9 Å². The molecule has 2 heterocycles. The average molecular weight is 410 g/mol. The van der Waals surface area contributed by atoms with Crippen LogP contribution in [0.1, 0.15) is 34.5 Å². The van der Waals surface area contributed by atoms with Gasteiger partial charge in [0.05, 0.1) is 0 Å². The van der Waals surface area contributed by atoms with Gasteiger partial charge < -0.3 is 19.4 Å². The minimum absolute atomic E-state index is 0.101. The number of alkyl halides is 3. The molecule has 1 aromatic carbocycles. The standard InChI is InChI=1S/C20H21F3N2O4/c1-12-10-17(18(26)24-13(12)2)19(27)25-8-6-14(7-9-25)28-15-4-3-5-16(11-15)29-20(21,22)23/h3-5,10-11,14H,6-9H2,1-2H3,(H,24,26). The number of likely N-dealkylation sites (tertiary alicyclic amines) is 1. The number of rotatable bonds is 4. The highest BCUT2D eigenvalue weighted by Crippen LogP contribution is 2.28. The second kappa shape index (κ2) is 8.18. The number of pyridine rings is 1. The maximum Gasteiger partial charge on any atom is 0.573 e. The number of aromatic amines is 1. The lowest BCUT2D eigenvalue weighted by atomic mass is 10.1. The molecular formula is C20H21F3N2O4. The Bertz CT molecular complexity index is 947. The fraction of sp³-hybridized carbons (Fsp3) is 0.400. The normalized spacial score (nSPS) is 15.3. The van der Waals surface area contributed by atoms with E-state index in [1.165, 1.54) is 18.2 Å². The van der Waals surface area contributed by atoms with Gasteiger partial charge in [-0.3, -0.25) is 9.59 Å². The molecule has 0 bridgehead atoms. The minimum Gasteiger partial charge on any atom is -0.490 e. The second-order valence-corrected chi connectivity index (χ2v) is 6.95. The molecule has 0 spiro atoms. The van der Waals surface area contributed by atoms with E-state index in [1.54, 1.807) is 24.0 Å². The van der Waals surface area contributed by atoms with Crippen LogP contribution in [0.5, 0.6) is 11.5 Å². The molecular weight excluding hydrogens is 389 g/mol. The minimum atomic E-state index is -4.77. The van der Waals surface area contributed by atoms with Crippen LogP contribution in [0.15, 0.2) is 35.1 Å². The second-order valence-electron chi connectivity index (χ2n) is 6.95. The van der Waals surface area contributed by atoms with Crippen LogP contribution in [0.2, 0.25) is 0 Å². The van der Waals surface area contributed by atoms with Crippen molar-refractivity contribution in [3.63, 3.8) is 0 Å². The number of nitrogens with zero attached hydrogens (tertiary/aromatic N) is 1. The Morgan fingerprint density at radius 1 is 1.14 bits per heavy atom. The Morgan fingerprint density at radius 2 is 1.79 bits per heavy atom. The maximum atomic E-state index is 12.7. The van der Waals surface area contributed by atoms with Crippen molar-refractivity contribution >= 4 is 5.91 Å². The Balaban J connectivity index is 1.60. The SMILES string of the molecule is Cc1cc(C(=O)N2CCC(Oc3cccc(OC(F)(F)F)c3)CC2)c(=O)[nH]c1C. The number of benzene rings is 1. The number of aromatic nitrogens is 1. The number of carbonyl (C=O) groups excluding carboxylic acids is 1. The summed E-state index contributed by atoms with van der Waals surface area (Å²) in [6, 6.07) is 6.93. The highest BCUT2D eigenvalue weighted by Gasteiger charge is 2.31. The number of hydrogen-bond donors (Lipinski definition) is 1. The van der Waals surface area contributed by atoms with Crippen LogP contribution in [0, 0.1) is 13.8 Å². The van der Waals surface area contributed by atoms with Gasteiger partial charge >= 0.3 is 6.36 Å². The number of aryl methyl sites for hydroxylation is 2. The molecule has 0 unspecified atom stereocenters. The van der Waals surface area contributed by atoms with Gasteiger partial charge in [0.15, 0.2) is 0 Å². The Kier molecular flexibility index (Phi) is 5.86. The van der Waals surface area contributed by atoms with Crippen LogP contribution >= 0.6 is 0 Å². The number of ether oxygens (including phenoxy) is 2. The Morgan fingerprint density at radius 3 is 2.45 bits per heavy atom. The molecule has 1 aliphatic rings. The average Bonchev–Trinajstić information content (AvgIpc) is 2.64. The molecule has 1 amide bonds. The van der Waals surface area contributed by atoms with Crippen molar-refractivity contribution in [3.05, 3.63) is 57.5 Å². The van der Waals surface area contributed by atoms with E-state index in [0.717, 1.165) is 11.3 Å². The zero-order chi connectivity index (χ0) is 21.2. The summed E-state index contributed by atoms with van der Waals surface area (Å²) in [4.78, 5) is 29.0. The van der Waals surface area contributed by atoms with Gasteiger partial charge in [-0.1, -0.05) is 6.07 Å². The molecule has 1 N–H and O–H groups in total. The number of amides is 1. The molecule has 156 valence electrons. The molecule has 0 aliphatic carbocycles. The molecule has 1 aliphatic heterocycles. The van der Waals surface area contributed by atoms with Crippen LogP contribution < -0.4 is 15.0 Å². The van der Waals surface area contributed by atoms with Gasteiger partial charge in [-0.25, -0.2) is 0 Å². The molecule has 0 radical (unpaired) electrons. The van der Waals surface area contributed by atoms with Gasteiger partial charge in [0.1, 0.15) is 23.2 Å². The molecule has 1 aromatic heterocycles. The predicted molar refractivity (Wildman–Crippen MR) is 99.2 cm³/mol. The van der Waals surface area contributed by atoms with Gasteiger partial charge in [-0.05, 0) is 37.6 Å². The first-order chi connectivity index (χ1) is 13.6. The lowest BCUT2D eigenvalue weighted by Crippen LogP contribution is -2.43. The molecule has 6 nitrogen and oxygen atoms in total. The molecule has 0 saturated carbocycles. The number of nitrogens with one attached hydrogen (secondary N) is 1. The van der Waals surface area contributed by atoms with Gasteiger partial charge in [0.25, 0.3) is 11.5 Å². The molecule has 0 atom stereocenters. The van der Waals surface area contributed by atoms with Gasteiger partial charge in [0.2, 0.25) is 0 Å². The summed E-state index contributed by atoms with van der Waals surface area (Å²) in [5.74, 6) is -0.424. The van der Waals surface area contributed by atoms with E-state index < -0.39 is 11.9 Å². The quantitative estimate of drug-likeness (QED) is 0.837. The van der Waals surface area contributed by atoms with Crippen molar-refractivity contribution in [1.82, 2.24) is 9.88 Å². The molecule has 1 saturated heterocycles. The first-order valence-corrected chi connectivity index (χ1v) is 9.14. The van der Waals surface area contributed by atoms with Crippen LogP contribution in [0.25, 0.3) is 0 Å². The zero-order valence-corrected chi connectivity index (χ0v) is 16.0. The Hall–Kier alpha value is -2.97. The lowest BCUT2D eigenvalue weighted by Gasteiger charge is -2.32. The van der Waals surface area contributed by atoms with Crippen molar-refractivity contribution in [2.75, 3.05) is 13.1 Å². The van der Waals surface area contributed by atoms with E-state index >= 15 is 0 Å². The number of hydrogen-bond acceptors (Lipinski definition) is 4. The van der Waals surface area contributed by atoms with E-state index in [2.05, 4.69) is 9.72 Å². The van der Waals surface area contributed by atoms with Crippen LogP contribution in [0.3, 0.4) is 0 Å². The van der Waals surface area contributed by atoms with E-state index in [1.807, 2.05) is 6.92 Å². The smallest absolute Gasteiger partial charge is 0.490 e. The summed E-state index contributed by atoms with van der Waals surface area (Å²) in [5, 5.41) is 0. The van der Waals surface area contributed by atoms with Gasteiger partial charge in [-0.2, -0.15) is 0 Å². The van der Waals surface area contributed by atoms with Crippen molar-refractivity contribution in [1.29, 1.82) is 0 Å². The van der Waals surface area contributed by atoms with Crippen molar-refractivity contribution in [2.45, 2.75) is 39.2 Å². The molecule has 3 rings (SSSR count). The maximum absolute atomic E-state index is 12.7. The summed E-state index contributed by atoms with van der Waals surface area (Å²) in [7, 11) is 0. The molecule has 1 fully saturated rings. The monoisotopic (exact) mass is 410 g/mol. The van der Waals surface area contributed by atoms with Crippen LogP contribution in [-0.2, 0) is 0 Å². The van der Waals surface area contributed by atoms with E-state index in [4.69, 9.17) is 4.74 Å². The summed E-state index contributed by atoms with van der Waals surface area (Å²) in [6.45, 7) is 4.35. The number of H-pyrrole nitrogens is 1. The summed E-state index contributed by atoms with van der Waals surface area (Å²) >= 11 is 0. The number of piperidine rings is 1. The van der Waals surface area contributed by atoms with Crippen molar-refractivity contribution in [3.8, 4) is 11.5 Å². The predicted octanol–water partition coefficient (Wildman–Crippen LogP) is 3.57. The third kappa shape index (κ3) is 5.30. The Labute approximate surface area is 165 Å². The van der Waals surface area contributed by atoms with Gasteiger partial charge in [0, 0.05) is 37.7 Å². The number of halogens is 3. The van der Waals surface area contributed by atoms with E-state index in [9.17, 15) is 22.8 Å². The fourth-order valence-corrected chi connectivity index (χ4v) is 3.17. The zero-order valence-electron chi connectivity index (χ0n) is 16.0. The van der Waals surface area contributed by atoms with Crippen LogP contribution in [0.4, 0.5) is 13.2 Å². The van der Waals surface area contributed by atoms with Crippen LogP contribution in [-0.4, -0.2) is 41.3 Å². The topological polar surface area (TPSA) is 71.6 Å². The fourth-order valence-electron chi connectivity index (χ4n) is 3.17. The highest BCUT2D eigenvalue weighted by molar-refractivity contribution is 5.94. The van der Waals surface area contributed by atoms with E-state index in [-0.39, 0.29) is 29.1 Å². The van der Waals surface area contributed by atoms with Crippen molar-refractivity contribution in [2.24, 2.45) is 0 Å². The first-order valence-electron chi connectivity index (χ1n) is 9.14. The third-order valence-electron chi connectivity index (χ3n) is 4.80. The van der Waals surface area contributed by atoms with Crippen molar-refractivity contribution < 1.29 is 27.4 Å². The largest absolute Gasteiger partial charge is 0.573 e.